The third-order valence-corrected chi connectivity index (χ3v) is 3.48. The van der Waals surface area contributed by atoms with Crippen molar-refractivity contribution in [1.29, 1.82) is 5.26 Å². The molecule has 0 saturated carbocycles. The molecule has 0 bridgehead atoms. The molecule has 1 aliphatic rings. The molecule has 1 heterocycles. The van der Waals surface area contributed by atoms with Crippen molar-refractivity contribution in [2.45, 2.75) is 25.5 Å². The van der Waals surface area contributed by atoms with Crippen LogP contribution in [0.15, 0.2) is 18.2 Å². The van der Waals surface area contributed by atoms with E-state index in [0.717, 1.165) is 37.3 Å². The Kier molecular flexibility index (Phi) is 4.19. The van der Waals surface area contributed by atoms with E-state index in [1.165, 1.54) is 0 Å². The predicted molar refractivity (Wildman–Crippen MR) is 69.3 cm³/mol. The van der Waals surface area contributed by atoms with Crippen LogP contribution in [0.25, 0.3) is 0 Å². The largest absolute Gasteiger partial charge is 0.392 e. The van der Waals surface area contributed by atoms with Gasteiger partial charge in [0.15, 0.2) is 0 Å². The molecule has 1 aliphatic heterocycles. The van der Waals surface area contributed by atoms with E-state index >= 15 is 0 Å². The van der Waals surface area contributed by atoms with Crippen LogP contribution in [0, 0.1) is 11.3 Å². The minimum Gasteiger partial charge on any atom is -0.392 e. The highest BCUT2D eigenvalue weighted by molar-refractivity contribution is 5.60. The Morgan fingerprint density at radius 3 is 2.78 bits per heavy atom. The van der Waals surface area contributed by atoms with E-state index in [4.69, 9.17) is 9.84 Å². The van der Waals surface area contributed by atoms with Gasteiger partial charge < -0.3 is 14.7 Å². The van der Waals surface area contributed by atoms with Gasteiger partial charge in [-0.25, -0.2) is 0 Å². The van der Waals surface area contributed by atoms with Crippen LogP contribution < -0.4 is 4.90 Å². The normalized spacial score (nSPS) is 16.3. The van der Waals surface area contributed by atoms with E-state index in [0.29, 0.717) is 11.6 Å². The van der Waals surface area contributed by atoms with Crippen LogP contribution in [0.3, 0.4) is 0 Å². The first-order valence-corrected chi connectivity index (χ1v) is 6.20. The SMILES string of the molecule is CN(c1ccc(CO)cc1C#N)C1CCOCC1. The zero-order valence-electron chi connectivity index (χ0n) is 10.6. The first kappa shape index (κ1) is 12.9. The fourth-order valence-corrected chi connectivity index (χ4v) is 2.35. The number of anilines is 1. The highest BCUT2D eigenvalue weighted by Crippen LogP contribution is 2.25. The molecule has 1 N–H and O–H groups in total. The van der Waals surface area contributed by atoms with Gasteiger partial charge in [0.1, 0.15) is 6.07 Å². The highest BCUT2D eigenvalue weighted by atomic mass is 16.5. The number of aliphatic hydroxyl groups is 1. The smallest absolute Gasteiger partial charge is 0.101 e. The Bertz CT molecular complexity index is 448. The quantitative estimate of drug-likeness (QED) is 0.881. The molecule has 1 aromatic carbocycles. The monoisotopic (exact) mass is 246 g/mol. The molecule has 1 fully saturated rings. The van der Waals surface area contributed by atoms with E-state index in [9.17, 15) is 5.26 Å². The molecule has 18 heavy (non-hydrogen) atoms. The van der Waals surface area contributed by atoms with Crippen LogP contribution in [0.5, 0.6) is 0 Å². The van der Waals surface area contributed by atoms with Crippen molar-refractivity contribution >= 4 is 5.69 Å². The minimum atomic E-state index is -0.0318. The van der Waals surface area contributed by atoms with E-state index in [1.54, 1.807) is 6.07 Å². The molecule has 0 spiro atoms. The number of aliphatic hydroxyl groups excluding tert-OH is 1. The molecular weight excluding hydrogens is 228 g/mol. The lowest BCUT2D eigenvalue weighted by atomic mass is 10.0. The summed E-state index contributed by atoms with van der Waals surface area (Å²) in [4.78, 5) is 2.15. The van der Waals surface area contributed by atoms with Gasteiger partial charge in [-0.2, -0.15) is 5.26 Å². The molecule has 0 aliphatic carbocycles. The molecular formula is C14H18N2O2. The van der Waals surface area contributed by atoms with Gasteiger partial charge in [-0.3, -0.25) is 0 Å². The average molecular weight is 246 g/mol. The molecule has 1 aromatic rings. The van der Waals surface area contributed by atoms with Gasteiger partial charge in [0.2, 0.25) is 0 Å². The van der Waals surface area contributed by atoms with Crippen LogP contribution >= 0.6 is 0 Å². The lowest BCUT2D eigenvalue weighted by molar-refractivity contribution is 0.0855. The summed E-state index contributed by atoms with van der Waals surface area (Å²) in [5.74, 6) is 0. The summed E-state index contributed by atoms with van der Waals surface area (Å²) in [6.07, 6.45) is 1.98. The molecule has 0 atom stereocenters. The van der Waals surface area contributed by atoms with Gasteiger partial charge in [-0.1, -0.05) is 6.07 Å². The topological polar surface area (TPSA) is 56.5 Å². The molecule has 0 unspecified atom stereocenters. The summed E-state index contributed by atoms with van der Waals surface area (Å²) in [6.45, 7) is 1.53. The number of benzene rings is 1. The maximum absolute atomic E-state index is 9.20. The molecule has 0 radical (unpaired) electrons. The molecule has 96 valence electrons. The Labute approximate surface area is 107 Å². The Morgan fingerprint density at radius 1 is 1.44 bits per heavy atom. The average Bonchev–Trinajstić information content (AvgIpc) is 2.46. The van der Waals surface area contributed by atoms with Gasteiger partial charge in [0, 0.05) is 26.3 Å². The lowest BCUT2D eigenvalue weighted by Crippen LogP contribution is -2.37. The zero-order chi connectivity index (χ0) is 13.0. The summed E-state index contributed by atoms with van der Waals surface area (Å²) in [5.41, 5.74) is 2.33. The summed E-state index contributed by atoms with van der Waals surface area (Å²) < 4.78 is 5.35. The molecule has 0 amide bonds. The van der Waals surface area contributed by atoms with E-state index < -0.39 is 0 Å². The summed E-state index contributed by atoms with van der Waals surface area (Å²) in [7, 11) is 2.02. The summed E-state index contributed by atoms with van der Waals surface area (Å²) >= 11 is 0. The fraction of sp³-hybridized carbons (Fsp3) is 0.500. The molecule has 2 rings (SSSR count). The van der Waals surface area contributed by atoms with E-state index in [2.05, 4.69) is 11.0 Å². The van der Waals surface area contributed by atoms with Crippen LogP contribution in [0.1, 0.15) is 24.0 Å². The predicted octanol–water partition coefficient (Wildman–Crippen LogP) is 1.67. The van der Waals surface area contributed by atoms with Crippen LogP contribution in [-0.4, -0.2) is 31.4 Å². The third kappa shape index (κ3) is 2.63. The second kappa shape index (κ2) is 5.85. The van der Waals surface area contributed by atoms with Crippen LogP contribution in [0.4, 0.5) is 5.69 Å². The second-order valence-corrected chi connectivity index (χ2v) is 4.58. The summed E-state index contributed by atoms with van der Waals surface area (Å²) in [5, 5.41) is 18.3. The number of nitriles is 1. The lowest BCUT2D eigenvalue weighted by Gasteiger charge is -2.33. The van der Waals surface area contributed by atoms with Crippen molar-refractivity contribution in [2.24, 2.45) is 0 Å². The Hall–Kier alpha value is -1.57. The van der Waals surface area contributed by atoms with Gasteiger partial charge in [0.05, 0.1) is 17.9 Å². The third-order valence-electron chi connectivity index (χ3n) is 3.48. The van der Waals surface area contributed by atoms with Crippen molar-refractivity contribution in [2.75, 3.05) is 25.2 Å². The van der Waals surface area contributed by atoms with Gasteiger partial charge >= 0.3 is 0 Å². The van der Waals surface area contributed by atoms with Crippen molar-refractivity contribution < 1.29 is 9.84 Å². The zero-order valence-corrected chi connectivity index (χ0v) is 10.6. The first-order chi connectivity index (χ1) is 8.76. The molecule has 0 aromatic heterocycles. The first-order valence-electron chi connectivity index (χ1n) is 6.20. The number of ether oxygens (including phenoxy) is 1. The van der Waals surface area contributed by atoms with E-state index in [-0.39, 0.29) is 6.61 Å². The van der Waals surface area contributed by atoms with Crippen LogP contribution in [0.2, 0.25) is 0 Å². The van der Waals surface area contributed by atoms with Gasteiger partial charge in [-0.05, 0) is 30.5 Å². The maximum atomic E-state index is 9.20. The Morgan fingerprint density at radius 2 is 2.17 bits per heavy atom. The van der Waals surface area contributed by atoms with Gasteiger partial charge in [-0.15, -0.1) is 0 Å². The Balaban J connectivity index is 2.23. The molecule has 4 heteroatoms. The summed E-state index contributed by atoms with van der Waals surface area (Å²) in [6, 6.07) is 8.17. The van der Waals surface area contributed by atoms with Crippen molar-refractivity contribution in [1.82, 2.24) is 0 Å². The maximum Gasteiger partial charge on any atom is 0.101 e. The fourth-order valence-electron chi connectivity index (χ4n) is 2.35. The number of nitrogens with zero attached hydrogens (tertiary/aromatic N) is 2. The van der Waals surface area contributed by atoms with Crippen molar-refractivity contribution in [3.05, 3.63) is 29.3 Å². The van der Waals surface area contributed by atoms with Crippen molar-refractivity contribution in [3.63, 3.8) is 0 Å². The molecule has 1 saturated heterocycles. The molecule has 4 nitrogen and oxygen atoms in total. The van der Waals surface area contributed by atoms with Crippen LogP contribution in [-0.2, 0) is 11.3 Å². The number of hydrogen-bond acceptors (Lipinski definition) is 4. The number of rotatable bonds is 3. The second-order valence-electron chi connectivity index (χ2n) is 4.58. The number of hydrogen-bond donors (Lipinski definition) is 1. The van der Waals surface area contributed by atoms with Crippen molar-refractivity contribution in [3.8, 4) is 6.07 Å². The minimum absolute atomic E-state index is 0.0318. The highest BCUT2D eigenvalue weighted by Gasteiger charge is 2.20. The van der Waals surface area contributed by atoms with Gasteiger partial charge in [0.25, 0.3) is 0 Å². The van der Waals surface area contributed by atoms with E-state index in [1.807, 2.05) is 19.2 Å². The standard InChI is InChI=1S/C14H18N2O2/c1-16(13-4-6-18-7-5-13)14-3-2-11(10-17)8-12(14)9-15/h2-3,8,13,17H,4-7,10H2,1H3.